The number of imidazole rings is 1. The number of hydrogen-bond donors (Lipinski definition) is 0. The van der Waals surface area contributed by atoms with Gasteiger partial charge in [0.25, 0.3) is 0 Å². The predicted molar refractivity (Wildman–Crippen MR) is 114 cm³/mol. The Hall–Kier alpha value is -4.21. The summed E-state index contributed by atoms with van der Waals surface area (Å²) in [7, 11) is 0. The number of rotatable bonds is 4. The second-order valence-corrected chi connectivity index (χ2v) is 7.52. The van der Waals surface area contributed by atoms with E-state index in [0.29, 0.717) is 29.2 Å². The molecule has 0 fully saturated rings. The zero-order chi connectivity index (χ0) is 23.9. The predicted octanol–water partition coefficient (Wildman–Crippen LogP) is 5.85. The summed E-state index contributed by atoms with van der Waals surface area (Å²) in [5.74, 6) is -1.93. The molecule has 0 N–H and O–H groups in total. The third kappa shape index (κ3) is 4.21. The Bertz CT molecular complexity index is 1430. The van der Waals surface area contributed by atoms with Crippen LogP contribution in [0.4, 0.5) is 22.0 Å². The van der Waals surface area contributed by atoms with Gasteiger partial charge in [0.2, 0.25) is 0 Å². The maximum Gasteiger partial charge on any atom is 0.416 e. The molecule has 10 heteroatoms. The molecule has 0 atom stereocenters. The van der Waals surface area contributed by atoms with E-state index in [1.807, 2.05) is 0 Å². The number of pyridine rings is 1. The van der Waals surface area contributed by atoms with Crippen molar-refractivity contribution in [1.82, 2.24) is 24.7 Å². The van der Waals surface area contributed by atoms with E-state index in [-0.39, 0.29) is 11.4 Å². The summed E-state index contributed by atoms with van der Waals surface area (Å²) in [4.78, 5) is 12.8. The van der Waals surface area contributed by atoms with Crippen LogP contribution < -0.4 is 0 Å². The molecule has 0 saturated carbocycles. The highest BCUT2D eigenvalue weighted by Gasteiger charge is 2.30. The molecule has 0 unspecified atom stereocenters. The largest absolute Gasteiger partial charge is 0.416 e. The van der Waals surface area contributed by atoms with E-state index in [9.17, 15) is 22.0 Å². The minimum atomic E-state index is -4.39. The van der Waals surface area contributed by atoms with Crippen molar-refractivity contribution in [3.05, 3.63) is 95.9 Å². The smallest absolute Gasteiger partial charge is 0.266 e. The minimum Gasteiger partial charge on any atom is -0.266 e. The molecule has 2 aromatic carbocycles. The number of nitrogens with zero attached hydrogens (tertiary/aromatic N) is 5. The molecule has 0 radical (unpaired) electrons. The maximum atomic E-state index is 14.1. The average molecular weight is 467 g/mol. The van der Waals surface area contributed by atoms with Crippen molar-refractivity contribution in [3.8, 4) is 34.0 Å². The van der Waals surface area contributed by atoms with Crippen LogP contribution >= 0.6 is 0 Å². The van der Waals surface area contributed by atoms with Crippen LogP contribution in [0, 0.1) is 11.6 Å². The summed E-state index contributed by atoms with van der Waals surface area (Å²) >= 11 is 0. The first-order chi connectivity index (χ1) is 16.3. The van der Waals surface area contributed by atoms with Crippen LogP contribution in [0.25, 0.3) is 34.0 Å². The number of alkyl halides is 3. The van der Waals surface area contributed by atoms with Crippen LogP contribution in [0.15, 0.2) is 73.2 Å². The van der Waals surface area contributed by atoms with E-state index in [1.54, 1.807) is 29.2 Å². The van der Waals surface area contributed by atoms with E-state index in [2.05, 4.69) is 20.1 Å². The van der Waals surface area contributed by atoms with E-state index >= 15 is 0 Å². The second kappa shape index (κ2) is 8.29. The Labute approximate surface area is 189 Å². The van der Waals surface area contributed by atoms with Crippen LogP contribution in [0.2, 0.25) is 0 Å². The molecule has 0 spiro atoms. The summed E-state index contributed by atoms with van der Waals surface area (Å²) in [6, 6.07) is 12.1. The summed E-state index contributed by atoms with van der Waals surface area (Å²) in [6.07, 6.45) is 0.329. The lowest BCUT2D eigenvalue weighted by atomic mass is 10.1. The fourth-order valence-corrected chi connectivity index (χ4v) is 3.45. The highest BCUT2D eigenvalue weighted by molar-refractivity contribution is 5.65. The fraction of sp³-hybridized carbons (Fsp3) is 0.0833. The van der Waals surface area contributed by atoms with Crippen molar-refractivity contribution in [1.29, 1.82) is 0 Å². The van der Waals surface area contributed by atoms with E-state index in [1.165, 1.54) is 30.5 Å². The van der Waals surface area contributed by atoms with Crippen LogP contribution in [0.1, 0.15) is 11.1 Å². The molecule has 3 heterocycles. The molecular weight excluding hydrogens is 453 g/mol. The first kappa shape index (κ1) is 21.6. The molecule has 5 rings (SSSR count). The lowest BCUT2D eigenvalue weighted by Gasteiger charge is -2.09. The van der Waals surface area contributed by atoms with Gasteiger partial charge in [0, 0.05) is 11.8 Å². The number of hydrogen-bond acceptors (Lipinski definition) is 4. The Kier molecular flexibility index (Phi) is 5.27. The topological polar surface area (TPSA) is 56.5 Å². The molecule has 3 aromatic rings. The molecular formula is C24H14F5N5. The Morgan fingerprint density at radius 2 is 1.56 bits per heavy atom. The SMILES string of the molecule is Fc1cccc(-c2nc3cnn(Cc4ccc(-c5ccc(C(F)(F)F)cc5)nc4)cc-3n2)c1F. The zero-order valence-corrected chi connectivity index (χ0v) is 17.3. The van der Waals surface area contributed by atoms with Gasteiger partial charge in [-0.05, 0) is 35.9 Å². The van der Waals surface area contributed by atoms with Crippen LogP contribution in [0.5, 0.6) is 0 Å². The fourth-order valence-electron chi connectivity index (χ4n) is 3.45. The van der Waals surface area contributed by atoms with E-state index < -0.39 is 23.4 Å². The molecule has 0 saturated heterocycles. The van der Waals surface area contributed by atoms with Crippen molar-refractivity contribution in [2.45, 2.75) is 12.7 Å². The van der Waals surface area contributed by atoms with Gasteiger partial charge in [-0.15, -0.1) is 0 Å². The molecule has 0 bridgehead atoms. The van der Waals surface area contributed by atoms with Crippen molar-refractivity contribution in [2.24, 2.45) is 0 Å². The summed E-state index contributed by atoms with van der Waals surface area (Å²) in [5, 5.41) is 4.27. The molecule has 5 nitrogen and oxygen atoms in total. The van der Waals surface area contributed by atoms with E-state index in [0.717, 1.165) is 23.8 Å². The zero-order valence-electron chi connectivity index (χ0n) is 17.3. The van der Waals surface area contributed by atoms with Gasteiger partial charge in [0.15, 0.2) is 17.5 Å². The molecule has 1 aromatic heterocycles. The van der Waals surface area contributed by atoms with Gasteiger partial charge in [0.05, 0.1) is 35.8 Å². The van der Waals surface area contributed by atoms with Crippen molar-refractivity contribution in [2.75, 3.05) is 0 Å². The normalized spacial score (nSPS) is 11.8. The Morgan fingerprint density at radius 1 is 0.794 bits per heavy atom. The average Bonchev–Trinajstić information content (AvgIpc) is 3.24. The highest BCUT2D eigenvalue weighted by Crippen LogP contribution is 2.31. The number of benzene rings is 2. The second-order valence-electron chi connectivity index (χ2n) is 7.52. The number of fused-ring (bicyclic) bond motifs is 1. The first-order valence-corrected chi connectivity index (χ1v) is 10.0. The lowest BCUT2D eigenvalue weighted by Crippen LogP contribution is -2.06. The summed E-state index contributed by atoms with van der Waals surface area (Å²) < 4.78 is 67.4. The Balaban J connectivity index is 1.35. The standard InChI is InChI=1S/C24H14F5N5/c25-18-3-1-2-17(22(18)26)23-32-20-11-31-34(13-21(20)33-23)12-14-4-9-19(30-10-14)15-5-7-16(8-6-15)24(27,28)29/h1-11,13H,12H2. The van der Waals surface area contributed by atoms with Gasteiger partial charge in [-0.2, -0.15) is 18.3 Å². The Morgan fingerprint density at radius 3 is 2.26 bits per heavy atom. The van der Waals surface area contributed by atoms with E-state index in [4.69, 9.17) is 0 Å². The third-order valence-corrected chi connectivity index (χ3v) is 5.18. The molecule has 34 heavy (non-hydrogen) atoms. The van der Waals surface area contributed by atoms with Gasteiger partial charge in [-0.25, -0.2) is 18.7 Å². The van der Waals surface area contributed by atoms with Gasteiger partial charge < -0.3 is 0 Å². The molecule has 2 aliphatic heterocycles. The van der Waals surface area contributed by atoms with Crippen molar-refractivity contribution >= 4 is 0 Å². The molecule has 0 amide bonds. The first-order valence-electron chi connectivity index (χ1n) is 10.0. The number of halogens is 5. The third-order valence-electron chi connectivity index (χ3n) is 5.18. The lowest BCUT2D eigenvalue weighted by molar-refractivity contribution is -0.137. The quantitative estimate of drug-likeness (QED) is 0.311. The monoisotopic (exact) mass is 467 g/mol. The molecule has 2 aliphatic rings. The maximum absolute atomic E-state index is 14.1. The number of aromatic nitrogens is 5. The molecule has 170 valence electrons. The van der Waals surface area contributed by atoms with Crippen molar-refractivity contribution < 1.29 is 22.0 Å². The van der Waals surface area contributed by atoms with Gasteiger partial charge in [-0.3, -0.25) is 9.67 Å². The molecule has 0 aliphatic carbocycles. The van der Waals surface area contributed by atoms with Crippen LogP contribution in [-0.2, 0) is 12.7 Å². The highest BCUT2D eigenvalue weighted by atomic mass is 19.4. The van der Waals surface area contributed by atoms with Crippen LogP contribution in [0.3, 0.4) is 0 Å². The van der Waals surface area contributed by atoms with Crippen molar-refractivity contribution in [3.63, 3.8) is 0 Å². The van der Waals surface area contributed by atoms with Gasteiger partial charge in [0.1, 0.15) is 11.4 Å². The minimum absolute atomic E-state index is 0.0363. The van der Waals surface area contributed by atoms with Crippen LogP contribution in [-0.4, -0.2) is 24.7 Å². The van der Waals surface area contributed by atoms with Gasteiger partial charge in [-0.1, -0.05) is 24.3 Å². The summed E-state index contributed by atoms with van der Waals surface area (Å²) in [5.41, 5.74) is 2.04. The summed E-state index contributed by atoms with van der Waals surface area (Å²) in [6.45, 7) is 0.340. The van der Waals surface area contributed by atoms with Gasteiger partial charge >= 0.3 is 6.18 Å².